The van der Waals surface area contributed by atoms with Crippen LogP contribution in [0.1, 0.15) is 31.7 Å². The summed E-state index contributed by atoms with van der Waals surface area (Å²) >= 11 is 0. The Morgan fingerprint density at radius 1 is 1.12 bits per heavy atom. The second-order valence-corrected chi connectivity index (χ2v) is 4.53. The molecule has 0 saturated carbocycles. The van der Waals surface area contributed by atoms with Crippen molar-refractivity contribution in [2.75, 3.05) is 25.5 Å². The topological polar surface area (TPSA) is 27.6 Å². The standard InChI is InChI=1S/C14H21N3/c1-12(16-17-10-4-3-5-11-17)13-6-8-14(15-2)9-7-13/h6-9,15H,3-5,10-11H2,1-2H3/b16-12+. The summed E-state index contributed by atoms with van der Waals surface area (Å²) < 4.78 is 0. The van der Waals surface area contributed by atoms with Gasteiger partial charge in [0.15, 0.2) is 0 Å². The van der Waals surface area contributed by atoms with E-state index in [0.717, 1.165) is 24.5 Å². The smallest absolute Gasteiger partial charge is 0.0646 e. The maximum Gasteiger partial charge on any atom is 0.0646 e. The van der Waals surface area contributed by atoms with Gasteiger partial charge in [-0.15, -0.1) is 0 Å². The van der Waals surface area contributed by atoms with Crippen molar-refractivity contribution in [2.45, 2.75) is 26.2 Å². The van der Waals surface area contributed by atoms with E-state index < -0.39 is 0 Å². The summed E-state index contributed by atoms with van der Waals surface area (Å²) in [4.78, 5) is 0. The molecule has 17 heavy (non-hydrogen) atoms. The minimum Gasteiger partial charge on any atom is -0.388 e. The highest BCUT2D eigenvalue weighted by Crippen LogP contribution is 2.12. The molecule has 0 unspecified atom stereocenters. The first-order valence-corrected chi connectivity index (χ1v) is 6.38. The molecule has 0 bridgehead atoms. The summed E-state index contributed by atoms with van der Waals surface area (Å²) in [6.45, 7) is 4.29. The van der Waals surface area contributed by atoms with Crippen molar-refractivity contribution in [3.8, 4) is 0 Å². The van der Waals surface area contributed by atoms with Crippen LogP contribution in [0.15, 0.2) is 29.4 Å². The normalized spacial score (nSPS) is 17.1. The van der Waals surface area contributed by atoms with E-state index in [2.05, 4.69) is 41.5 Å². The van der Waals surface area contributed by atoms with Gasteiger partial charge in [0.05, 0.1) is 5.71 Å². The summed E-state index contributed by atoms with van der Waals surface area (Å²) in [5.41, 5.74) is 3.45. The molecule has 0 amide bonds. The summed E-state index contributed by atoms with van der Waals surface area (Å²) in [6.07, 6.45) is 3.90. The molecule has 0 aromatic heterocycles. The van der Waals surface area contributed by atoms with E-state index in [1.165, 1.54) is 24.8 Å². The molecule has 92 valence electrons. The monoisotopic (exact) mass is 231 g/mol. The summed E-state index contributed by atoms with van der Waals surface area (Å²) in [5.74, 6) is 0. The van der Waals surface area contributed by atoms with E-state index in [1.807, 2.05) is 7.05 Å². The zero-order valence-corrected chi connectivity index (χ0v) is 10.7. The van der Waals surface area contributed by atoms with E-state index in [0.29, 0.717) is 0 Å². The number of piperidine rings is 1. The minimum atomic E-state index is 1.10. The Morgan fingerprint density at radius 2 is 1.76 bits per heavy atom. The molecule has 0 radical (unpaired) electrons. The molecule has 1 saturated heterocycles. The zero-order chi connectivity index (χ0) is 12.1. The maximum atomic E-state index is 4.69. The number of nitrogens with zero attached hydrogens (tertiary/aromatic N) is 2. The molecule has 1 fully saturated rings. The third-order valence-electron chi connectivity index (χ3n) is 3.22. The molecule has 3 heteroatoms. The molecule has 1 heterocycles. The molecular formula is C14H21N3. The van der Waals surface area contributed by atoms with Gasteiger partial charge in [0, 0.05) is 25.8 Å². The van der Waals surface area contributed by atoms with Gasteiger partial charge in [-0.1, -0.05) is 12.1 Å². The fourth-order valence-electron chi connectivity index (χ4n) is 2.13. The summed E-state index contributed by atoms with van der Waals surface area (Å²) in [5, 5.41) is 10.0. The van der Waals surface area contributed by atoms with Gasteiger partial charge >= 0.3 is 0 Å². The second-order valence-electron chi connectivity index (χ2n) is 4.53. The Morgan fingerprint density at radius 3 is 2.35 bits per heavy atom. The predicted molar refractivity (Wildman–Crippen MR) is 73.6 cm³/mol. The van der Waals surface area contributed by atoms with Crippen molar-refractivity contribution in [1.29, 1.82) is 0 Å². The predicted octanol–water partition coefficient (Wildman–Crippen LogP) is 2.94. The number of rotatable bonds is 3. The average molecular weight is 231 g/mol. The SMILES string of the molecule is CNc1ccc(/C(C)=N/N2CCCCC2)cc1. The van der Waals surface area contributed by atoms with E-state index in [4.69, 9.17) is 5.10 Å². The summed E-state index contributed by atoms with van der Waals surface area (Å²) in [7, 11) is 1.93. The van der Waals surface area contributed by atoms with Crippen molar-refractivity contribution >= 4 is 11.4 Å². The number of anilines is 1. The largest absolute Gasteiger partial charge is 0.388 e. The lowest BCUT2D eigenvalue weighted by atomic mass is 10.1. The number of hydrogen-bond acceptors (Lipinski definition) is 3. The lowest BCUT2D eigenvalue weighted by Crippen LogP contribution is -2.25. The van der Waals surface area contributed by atoms with Crippen molar-refractivity contribution in [3.63, 3.8) is 0 Å². The Labute approximate surface area is 104 Å². The Bertz CT molecular complexity index is 375. The minimum absolute atomic E-state index is 1.10. The van der Waals surface area contributed by atoms with Crippen LogP contribution in [-0.4, -0.2) is 30.9 Å². The Kier molecular flexibility index (Phi) is 4.02. The van der Waals surface area contributed by atoms with Crippen LogP contribution in [-0.2, 0) is 0 Å². The molecule has 1 aromatic rings. The van der Waals surface area contributed by atoms with Gasteiger partial charge in [-0.3, -0.25) is 5.01 Å². The van der Waals surface area contributed by atoms with Crippen LogP contribution in [0.5, 0.6) is 0 Å². The molecule has 1 aliphatic rings. The van der Waals surface area contributed by atoms with E-state index in [-0.39, 0.29) is 0 Å². The number of hydrogen-bond donors (Lipinski definition) is 1. The average Bonchev–Trinajstić information content (AvgIpc) is 2.40. The third kappa shape index (κ3) is 3.22. The van der Waals surface area contributed by atoms with Gasteiger partial charge in [0.25, 0.3) is 0 Å². The first kappa shape index (κ1) is 12.0. The molecule has 0 atom stereocenters. The highest BCUT2D eigenvalue weighted by atomic mass is 15.4. The highest BCUT2D eigenvalue weighted by Gasteiger charge is 2.08. The zero-order valence-electron chi connectivity index (χ0n) is 10.7. The lowest BCUT2D eigenvalue weighted by Gasteiger charge is -2.24. The van der Waals surface area contributed by atoms with Crippen LogP contribution in [0, 0.1) is 0 Å². The van der Waals surface area contributed by atoms with E-state index in [9.17, 15) is 0 Å². The molecule has 0 spiro atoms. The van der Waals surface area contributed by atoms with Crippen molar-refractivity contribution < 1.29 is 0 Å². The van der Waals surface area contributed by atoms with E-state index >= 15 is 0 Å². The maximum absolute atomic E-state index is 4.69. The van der Waals surface area contributed by atoms with Crippen LogP contribution in [0.3, 0.4) is 0 Å². The Hall–Kier alpha value is -1.51. The molecule has 0 aliphatic carbocycles. The second kappa shape index (κ2) is 5.71. The van der Waals surface area contributed by atoms with E-state index in [1.54, 1.807) is 0 Å². The highest BCUT2D eigenvalue weighted by molar-refractivity contribution is 5.98. The van der Waals surface area contributed by atoms with Crippen LogP contribution in [0.25, 0.3) is 0 Å². The van der Waals surface area contributed by atoms with Gasteiger partial charge in [-0.2, -0.15) is 5.10 Å². The number of nitrogens with one attached hydrogen (secondary N) is 1. The number of hydrazone groups is 1. The molecule has 2 rings (SSSR count). The van der Waals surface area contributed by atoms with Gasteiger partial charge < -0.3 is 5.32 Å². The van der Waals surface area contributed by atoms with Gasteiger partial charge in [0.2, 0.25) is 0 Å². The molecule has 1 aromatic carbocycles. The first-order valence-electron chi connectivity index (χ1n) is 6.38. The summed E-state index contributed by atoms with van der Waals surface area (Å²) in [6, 6.07) is 8.42. The molecule has 1 aliphatic heterocycles. The first-order chi connectivity index (χ1) is 8.29. The van der Waals surface area contributed by atoms with Gasteiger partial charge in [0.1, 0.15) is 0 Å². The lowest BCUT2D eigenvalue weighted by molar-refractivity contribution is 0.239. The van der Waals surface area contributed by atoms with Crippen molar-refractivity contribution in [1.82, 2.24) is 5.01 Å². The quantitative estimate of drug-likeness (QED) is 0.810. The fourth-order valence-corrected chi connectivity index (χ4v) is 2.13. The number of benzene rings is 1. The van der Waals surface area contributed by atoms with Crippen molar-refractivity contribution in [3.05, 3.63) is 29.8 Å². The molecular weight excluding hydrogens is 210 g/mol. The Balaban J connectivity index is 2.06. The van der Waals surface area contributed by atoms with Crippen LogP contribution < -0.4 is 5.32 Å². The van der Waals surface area contributed by atoms with Crippen LogP contribution >= 0.6 is 0 Å². The third-order valence-corrected chi connectivity index (χ3v) is 3.22. The van der Waals surface area contributed by atoms with Crippen molar-refractivity contribution in [2.24, 2.45) is 5.10 Å². The molecule has 1 N–H and O–H groups in total. The van der Waals surface area contributed by atoms with Gasteiger partial charge in [-0.05, 0) is 43.9 Å². The molecule has 3 nitrogen and oxygen atoms in total. The van der Waals surface area contributed by atoms with Crippen LogP contribution in [0.4, 0.5) is 5.69 Å². The van der Waals surface area contributed by atoms with Gasteiger partial charge in [-0.25, -0.2) is 0 Å². The van der Waals surface area contributed by atoms with Crippen LogP contribution in [0.2, 0.25) is 0 Å². The fraction of sp³-hybridized carbons (Fsp3) is 0.500.